The van der Waals surface area contributed by atoms with Crippen molar-refractivity contribution in [3.05, 3.63) is 41.6 Å². The molecule has 0 aliphatic carbocycles. The standard InChI is InChI=1S/C13H11NO2/c1-16-13(15)11-8-10-5-2-4-9-6-3-7-14(11)12(9)10/h2-6,8H,7H2,1H3. The number of allylic oxidation sites excluding steroid dienone is 1. The van der Waals surface area contributed by atoms with Crippen molar-refractivity contribution in [1.82, 2.24) is 4.57 Å². The first-order valence-corrected chi connectivity index (χ1v) is 5.18. The van der Waals surface area contributed by atoms with Gasteiger partial charge in [0.05, 0.1) is 12.6 Å². The number of benzene rings is 1. The highest BCUT2D eigenvalue weighted by atomic mass is 16.5. The van der Waals surface area contributed by atoms with Gasteiger partial charge in [-0.05, 0) is 11.6 Å². The zero-order valence-corrected chi connectivity index (χ0v) is 8.93. The molecule has 3 heteroatoms. The number of nitrogens with zero attached hydrogens (tertiary/aromatic N) is 1. The molecule has 0 saturated heterocycles. The lowest BCUT2D eigenvalue weighted by Crippen LogP contribution is -2.11. The molecule has 0 unspecified atom stereocenters. The quantitative estimate of drug-likeness (QED) is 0.681. The summed E-state index contributed by atoms with van der Waals surface area (Å²) in [6.45, 7) is 0.727. The number of esters is 1. The molecule has 0 radical (unpaired) electrons. The maximum Gasteiger partial charge on any atom is 0.354 e. The van der Waals surface area contributed by atoms with E-state index in [0.29, 0.717) is 5.69 Å². The lowest BCUT2D eigenvalue weighted by molar-refractivity contribution is 0.0589. The van der Waals surface area contributed by atoms with Gasteiger partial charge in [0.25, 0.3) is 0 Å². The van der Waals surface area contributed by atoms with Crippen LogP contribution in [0.2, 0.25) is 0 Å². The Kier molecular flexibility index (Phi) is 1.86. The van der Waals surface area contributed by atoms with Crippen molar-refractivity contribution < 1.29 is 9.53 Å². The van der Waals surface area contributed by atoms with Crippen LogP contribution in [0.5, 0.6) is 0 Å². The number of carbonyl (C=O) groups is 1. The summed E-state index contributed by atoms with van der Waals surface area (Å²) in [6.07, 6.45) is 4.14. The van der Waals surface area contributed by atoms with Crippen molar-refractivity contribution >= 4 is 22.9 Å². The van der Waals surface area contributed by atoms with E-state index in [1.54, 1.807) is 0 Å². The molecule has 1 aliphatic rings. The van der Waals surface area contributed by atoms with Crippen molar-refractivity contribution in [1.29, 1.82) is 0 Å². The van der Waals surface area contributed by atoms with E-state index in [1.165, 1.54) is 7.11 Å². The molecular formula is C13H11NO2. The third-order valence-electron chi connectivity index (χ3n) is 2.93. The summed E-state index contributed by atoms with van der Waals surface area (Å²) >= 11 is 0. The van der Waals surface area contributed by atoms with Crippen molar-refractivity contribution in [3.63, 3.8) is 0 Å². The molecule has 0 N–H and O–H groups in total. The van der Waals surface area contributed by atoms with Crippen LogP contribution >= 0.6 is 0 Å². The number of ether oxygens (including phenoxy) is 1. The van der Waals surface area contributed by atoms with E-state index >= 15 is 0 Å². The number of methoxy groups -OCH3 is 1. The van der Waals surface area contributed by atoms with Gasteiger partial charge in [0, 0.05) is 11.9 Å². The second kappa shape index (κ2) is 3.23. The summed E-state index contributed by atoms with van der Waals surface area (Å²) in [5, 5.41) is 1.09. The minimum atomic E-state index is -0.280. The van der Waals surface area contributed by atoms with Gasteiger partial charge in [0.1, 0.15) is 5.69 Å². The van der Waals surface area contributed by atoms with Gasteiger partial charge in [0.2, 0.25) is 0 Å². The van der Waals surface area contributed by atoms with Gasteiger partial charge in [-0.3, -0.25) is 0 Å². The summed E-state index contributed by atoms with van der Waals surface area (Å²) in [4.78, 5) is 11.6. The molecule has 16 heavy (non-hydrogen) atoms. The van der Waals surface area contributed by atoms with Gasteiger partial charge >= 0.3 is 5.97 Å². The van der Waals surface area contributed by atoms with E-state index in [1.807, 2.05) is 28.8 Å². The highest BCUT2D eigenvalue weighted by Crippen LogP contribution is 2.27. The molecule has 2 aromatic rings. The van der Waals surface area contributed by atoms with Gasteiger partial charge in [-0.1, -0.05) is 30.4 Å². The predicted molar refractivity (Wildman–Crippen MR) is 62.3 cm³/mol. The van der Waals surface area contributed by atoms with E-state index in [9.17, 15) is 4.79 Å². The predicted octanol–water partition coefficient (Wildman–Crippen LogP) is 2.45. The summed E-state index contributed by atoms with van der Waals surface area (Å²) in [7, 11) is 1.41. The van der Waals surface area contributed by atoms with Gasteiger partial charge in [-0.15, -0.1) is 0 Å². The Hall–Kier alpha value is -2.03. The first-order valence-electron chi connectivity index (χ1n) is 5.18. The molecule has 1 aliphatic heterocycles. The lowest BCUT2D eigenvalue weighted by atomic mass is 10.1. The van der Waals surface area contributed by atoms with Gasteiger partial charge in [-0.2, -0.15) is 0 Å². The van der Waals surface area contributed by atoms with E-state index in [2.05, 4.69) is 12.1 Å². The molecule has 1 aromatic heterocycles. The van der Waals surface area contributed by atoms with Crippen LogP contribution in [0.15, 0.2) is 30.3 Å². The Morgan fingerprint density at radius 1 is 1.44 bits per heavy atom. The normalized spacial score (nSPS) is 13.1. The number of rotatable bonds is 1. The third-order valence-corrected chi connectivity index (χ3v) is 2.93. The van der Waals surface area contributed by atoms with Gasteiger partial charge in [-0.25, -0.2) is 4.79 Å². The lowest BCUT2D eigenvalue weighted by Gasteiger charge is -2.12. The summed E-state index contributed by atoms with van der Waals surface area (Å²) in [6, 6.07) is 7.95. The summed E-state index contributed by atoms with van der Waals surface area (Å²) < 4.78 is 6.78. The van der Waals surface area contributed by atoms with Crippen LogP contribution in [0, 0.1) is 0 Å². The van der Waals surface area contributed by atoms with Crippen LogP contribution < -0.4 is 0 Å². The number of hydrogen-bond donors (Lipinski definition) is 0. The van der Waals surface area contributed by atoms with Crippen LogP contribution in [-0.4, -0.2) is 17.6 Å². The van der Waals surface area contributed by atoms with Crippen LogP contribution in [0.4, 0.5) is 0 Å². The summed E-state index contributed by atoms with van der Waals surface area (Å²) in [5.41, 5.74) is 2.89. The van der Waals surface area contributed by atoms with Gasteiger partial charge < -0.3 is 9.30 Å². The highest BCUT2D eigenvalue weighted by molar-refractivity contribution is 5.99. The molecule has 0 spiro atoms. The second-order valence-corrected chi connectivity index (χ2v) is 3.82. The minimum Gasteiger partial charge on any atom is -0.464 e. The topological polar surface area (TPSA) is 31.2 Å². The fourth-order valence-corrected chi connectivity index (χ4v) is 2.24. The molecule has 1 aromatic carbocycles. The van der Waals surface area contributed by atoms with E-state index in [4.69, 9.17) is 4.74 Å². The molecule has 0 bridgehead atoms. The van der Waals surface area contributed by atoms with Crippen molar-refractivity contribution in [2.45, 2.75) is 6.54 Å². The van der Waals surface area contributed by atoms with E-state index in [0.717, 1.165) is 23.0 Å². The average Bonchev–Trinajstić information content (AvgIpc) is 2.70. The number of carbonyl (C=O) groups excluding carboxylic acids is 1. The van der Waals surface area contributed by atoms with Crippen LogP contribution in [0.1, 0.15) is 16.1 Å². The molecule has 2 heterocycles. The molecule has 0 amide bonds. The Morgan fingerprint density at radius 3 is 3.12 bits per heavy atom. The number of aromatic nitrogens is 1. The van der Waals surface area contributed by atoms with Gasteiger partial charge in [0.15, 0.2) is 0 Å². The van der Waals surface area contributed by atoms with Crippen LogP contribution in [-0.2, 0) is 11.3 Å². The summed E-state index contributed by atoms with van der Waals surface area (Å²) in [5.74, 6) is -0.280. The smallest absolute Gasteiger partial charge is 0.354 e. The Morgan fingerprint density at radius 2 is 2.31 bits per heavy atom. The molecule has 80 valence electrons. The van der Waals surface area contributed by atoms with Crippen molar-refractivity contribution in [2.24, 2.45) is 0 Å². The zero-order valence-electron chi connectivity index (χ0n) is 8.93. The fraction of sp³-hybridized carbons (Fsp3) is 0.154. The number of hydrogen-bond acceptors (Lipinski definition) is 2. The molecule has 3 nitrogen and oxygen atoms in total. The average molecular weight is 213 g/mol. The zero-order chi connectivity index (χ0) is 11.1. The molecular weight excluding hydrogens is 202 g/mol. The SMILES string of the molecule is COC(=O)c1cc2cccc3c2n1CC=C3. The van der Waals surface area contributed by atoms with Crippen molar-refractivity contribution in [2.75, 3.05) is 7.11 Å². The van der Waals surface area contributed by atoms with Crippen LogP contribution in [0.25, 0.3) is 17.0 Å². The molecule has 0 atom stereocenters. The fourth-order valence-electron chi connectivity index (χ4n) is 2.24. The third kappa shape index (κ3) is 1.11. The maximum atomic E-state index is 11.6. The van der Waals surface area contributed by atoms with Crippen LogP contribution in [0.3, 0.4) is 0 Å². The Balaban J connectivity index is 2.36. The highest BCUT2D eigenvalue weighted by Gasteiger charge is 2.18. The molecule has 3 rings (SSSR count). The molecule has 0 fully saturated rings. The largest absolute Gasteiger partial charge is 0.464 e. The number of para-hydroxylation sites is 1. The Bertz CT molecular complexity index is 608. The van der Waals surface area contributed by atoms with Crippen molar-refractivity contribution in [3.8, 4) is 0 Å². The first-order chi connectivity index (χ1) is 7.81. The first kappa shape index (κ1) is 9.21. The molecule has 0 saturated carbocycles. The second-order valence-electron chi connectivity index (χ2n) is 3.82. The monoisotopic (exact) mass is 213 g/mol. The minimum absolute atomic E-state index is 0.280. The Labute approximate surface area is 92.9 Å². The van der Waals surface area contributed by atoms with E-state index < -0.39 is 0 Å². The van der Waals surface area contributed by atoms with E-state index in [-0.39, 0.29) is 5.97 Å². The maximum absolute atomic E-state index is 11.6.